The Morgan fingerprint density at radius 3 is 2.32 bits per heavy atom. The highest BCUT2D eigenvalue weighted by Crippen LogP contribution is 2.30. The monoisotopic (exact) mass is 438 g/mol. The summed E-state index contributed by atoms with van der Waals surface area (Å²) in [6.07, 6.45) is -3.91. The van der Waals surface area contributed by atoms with Gasteiger partial charge in [0.2, 0.25) is 11.8 Å². The molecule has 0 aliphatic carbocycles. The van der Waals surface area contributed by atoms with Crippen molar-refractivity contribution in [2.75, 3.05) is 20.3 Å². The number of carbonyl (C=O) groups is 2. The maximum atomic E-state index is 12.8. The van der Waals surface area contributed by atoms with Crippen molar-refractivity contribution in [2.24, 2.45) is 5.73 Å². The first-order valence-corrected chi connectivity index (χ1v) is 9.64. The highest BCUT2D eigenvalue weighted by atomic mass is 19.4. The van der Waals surface area contributed by atoms with Crippen molar-refractivity contribution < 1.29 is 32.2 Å². The van der Waals surface area contributed by atoms with E-state index in [1.807, 2.05) is 30.3 Å². The van der Waals surface area contributed by atoms with E-state index in [0.29, 0.717) is 18.5 Å². The summed E-state index contributed by atoms with van der Waals surface area (Å²) in [4.78, 5) is 25.5. The van der Waals surface area contributed by atoms with Crippen LogP contribution in [-0.4, -0.2) is 43.2 Å². The zero-order valence-electron chi connectivity index (χ0n) is 17.2. The largest absolute Gasteiger partial charge is 0.493 e. The molecule has 0 saturated carbocycles. The van der Waals surface area contributed by atoms with Gasteiger partial charge in [0.05, 0.1) is 7.11 Å². The van der Waals surface area contributed by atoms with Gasteiger partial charge in [-0.25, -0.2) is 0 Å². The van der Waals surface area contributed by atoms with Gasteiger partial charge in [0.15, 0.2) is 18.1 Å². The molecule has 0 fully saturated rings. The molecule has 2 amide bonds. The Kier molecular flexibility index (Phi) is 8.72. The van der Waals surface area contributed by atoms with Crippen molar-refractivity contribution in [3.63, 3.8) is 0 Å². The normalized spacial score (nSPS) is 11.1. The minimum atomic E-state index is -4.46. The van der Waals surface area contributed by atoms with Gasteiger partial charge in [0.25, 0.3) is 0 Å². The summed E-state index contributed by atoms with van der Waals surface area (Å²) in [5.41, 5.74) is 6.86. The summed E-state index contributed by atoms with van der Waals surface area (Å²) < 4.78 is 47.0. The summed E-state index contributed by atoms with van der Waals surface area (Å²) >= 11 is 0. The Morgan fingerprint density at radius 1 is 1.00 bits per heavy atom. The Labute approximate surface area is 178 Å². The number of alkyl halides is 3. The summed E-state index contributed by atoms with van der Waals surface area (Å²) in [5.74, 6) is -0.530. The fourth-order valence-corrected chi connectivity index (χ4v) is 2.90. The first kappa shape index (κ1) is 24.0. The van der Waals surface area contributed by atoms with Crippen LogP contribution < -0.4 is 15.2 Å². The van der Waals surface area contributed by atoms with Crippen molar-refractivity contribution in [2.45, 2.75) is 32.0 Å². The Morgan fingerprint density at radius 2 is 1.71 bits per heavy atom. The van der Waals surface area contributed by atoms with Crippen molar-refractivity contribution in [3.8, 4) is 11.5 Å². The van der Waals surface area contributed by atoms with Crippen LogP contribution in [0.3, 0.4) is 0 Å². The molecule has 0 radical (unpaired) electrons. The number of rotatable bonds is 11. The zero-order valence-corrected chi connectivity index (χ0v) is 17.2. The number of primary amides is 1. The lowest BCUT2D eigenvalue weighted by molar-refractivity contribution is -0.153. The molecule has 0 aliphatic heterocycles. The van der Waals surface area contributed by atoms with E-state index in [-0.39, 0.29) is 36.8 Å². The van der Waals surface area contributed by atoms with Gasteiger partial charge in [-0.3, -0.25) is 9.59 Å². The van der Waals surface area contributed by atoms with Crippen LogP contribution in [0.2, 0.25) is 0 Å². The average Bonchev–Trinajstić information content (AvgIpc) is 2.73. The summed E-state index contributed by atoms with van der Waals surface area (Å²) in [6, 6.07) is 13.9. The lowest BCUT2D eigenvalue weighted by Crippen LogP contribution is -2.33. The van der Waals surface area contributed by atoms with Crippen molar-refractivity contribution in [1.29, 1.82) is 0 Å². The Hall–Kier alpha value is -3.23. The molecule has 0 heterocycles. The molecule has 0 aromatic heterocycles. The molecule has 168 valence electrons. The van der Waals surface area contributed by atoms with Crippen LogP contribution in [0.4, 0.5) is 13.2 Å². The Bertz CT molecular complexity index is 873. The quantitative estimate of drug-likeness (QED) is 0.583. The molecule has 0 atom stereocenters. The van der Waals surface area contributed by atoms with Crippen LogP contribution in [0.25, 0.3) is 0 Å². The van der Waals surface area contributed by atoms with E-state index in [0.717, 1.165) is 5.56 Å². The molecule has 0 spiro atoms. The minimum Gasteiger partial charge on any atom is -0.493 e. The van der Waals surface area contributed by atoms with Gasteiger partial charge in [-0.15, -0.1) is 0 Å². The van der Waals surface area contributed by atoms with Crippen LogP contribution in [0.1, 0.15) is 24.0 Å². The predicted molar refractivity (Wildman–Crippen MR) is 109 cm³/mol. The van der Waals surface area contributed by atoms with Crippen LogP contribution in [0.5, 0.6) is 11.5 Å². The molecular weight excluding hydrogens is 413 g/mol. The van der Waals surface area contributed by atoms with Crippen LogP contribution in [0.15, 0.2) is 48.5 Å². The smallest absolute Gasteiger partial charge is 0.422 e. The molecule has 0 unspecified atom stereocenters. The summed E-state index contributed by atoms with van der Waals surface area (Å²) in [6.45, 7) is -0.868. The van der Waals surface area contributed by atoms with E-state index in [9.17, 15) is 22.8 Å². The van der Waals surface area contributed by atoms with E-state index in [2.05, 4.69) is 0 Å². The molecule has 2 N–H and O–H groups in total. The molecule has 9 heteroatoms. The van der Waals surface area contributed by atoms with Crippen LogP contribution >= 0.6 is 0 Å². The number of aryl methyl sites for hydroxylation is 1. The van der Waals surface area contributed by atoms with E-state index in [4.69, 9.17) is 15.2 Å². The van der Waals surface area contributed by atoms with Crippen molar-refractivity contribution in [1.82, 2.24) is 4.90 Å². The first-order chi connectivity index (χ1) is 14.7. The van der Waals surface area contributed by atoms with Crippen LogP contribution in [-0.2, 0) is 22.6 Å². The number of nitrogens with zero attached hydrogens (tertiary/aromatic N) is 1. The van der Waals surface area contributed by atoms with E-state index in [1.165, 1.54) is 13.2 Å². The van der Waals surface area contributed by atoms with E-state index >= 15 is 0 Å². The maximum absolute atomic E-state index is 12.8. The number of carbonyl (C=O) groups excluding carboxylic acids is 2. The van der Waals surface area contributed by atoms with Gasteiger partial charge in [-0.05, 0) is 29.7 Å². The summed E-state index contributed by atoms with van der Waals surface area (Å²) in [5, 5.41) is 0. The van der Waals surface area contributed by atoms with Gasteiger partial charge in [0.1, 0.15) is 0 Å². The minimum absolute atomic E-state index is 0.0259. The highest BCUT2D eigenvalue weighted by Gasteiger charge is 2.29. The second-order valence-corrected chi connectivity index (χ2v) is 6.91. The third-order valence-corrected chi connectivity index (χ3v) is 4.44. The second-order valence-electron chi connectivity index (χ2n) is 6.91. The number of nitrogens with two attached hydrogens (primary N) is 1. The molecule has 2 aromatic carbocycles. The molecule has 6 nitrogen and oxygen atoms in total. The molecule has 0 aliphatic rings. The first-order valence-electron chi connectivity index (χ1n) is 9.64. The Balaban J connectivity index is 2.02. The van der Waals surface area contributed by atoms with Crippen molar-refractivity contribution in [3.05, 3.63) is 59.7 Å². The fraction of sp³-hybridized carbons (Fsp3) is 0.364. The SMILES string of the molecule is COc1cc(CCC(=O)N(CCC(N)=O)Cc2ccccc2)ccc1OCC(F)(F)F. The third-order valence-electron chi connectivity index (χ3n) is 4.44. The van der Waals surface area contributed by atoms with E-state index in [1.54, 1.807) is 17.0 Å². The summed E-state index contributed by atoms with van der Waals surface area (Å²) in [7, 11) is 1.33. The highest BCUT2D eigenvalue weighted by molar-refractivity contribution is 5.78. The molecule has 31 heavy (non-hydrogen) atoms. The fourth-order valence-electron chi connectivity index (χ4n) is 2.90. The van der Waals surface area contributed by atoms with Crippen molar-refractivity contribution >= 4 is 11.8 Å². The maximum Gasteiger partial charge on any atom is 0.422 e. The van der Waals surface area contributed by atoms with Gasteiger partial charge >= 0.3 is 6.18 Å². The topological polar surface area (TPSA) is 81.9 Å². The number of hydrogen-bond donors (Lipinski definition) is 1. The standard InChI is InChI=1S/C22H25F3N2O4/c1-30-19-13-16(7-9-18(19)31-15-22(23,24)25)8-10-21(29)27(12-11-20(26)28)14-17-5-3-2-4-6-17/h2-7,9,13H,8,10-12,14-15H2,1H3,(H2,26,28). The molecular formula is C22H25F3N2O4. The van der Waals surface area contributed by atoms with E-state index < -0.39 is 18.7 Å². The number of hydrogen-bond acceptors (Lipinski definition) is 4. The van der Waals surface area contributed by atoms with Gasteiger partial charge in [-0.1, -0.05) is 36.4 Å². The number of methoxy groups -OCH3 is 1. The second kappa shape index (κ2) is 11.2. The predicted octanol–water partition coefficient (Wildman–Crippen LogP) is 3.47. The zero-order chi connectivity index (χ0) is 22.9. The number of benzene rings is 2. The van der Waals surface area contributed by atoms with Crippen LogP contribution in [0, 0.1) is 0 Å². The number of ether oxygens (including phenoxy) is 2. The van der Waals surface area contributed by atoms with Gasteiger partial charge in [0, 0.05) is 25.9 Å². The molecule has 0 bridgehead atoms. The molecule has 0 saturated heterocycles. The molecule has 2 aromatic rings. The van der Waals surface area contributed by atoms with Gasteiger partial charge < -0.3 is 20.1 Å². The molecule has 2 rings (SSSR count). The number of amides is 2. The van der Waals surface area contributed by atoms with Gasteiger partial charge in [-0.2, -0.15) is 13.2 Å². The lowest BCUT2D eigenvalue weighted by atomic mass is 10.1. The number of halogens is 3. The average molecular weight is 438 g/mol. The third kappa shape index (κ3) is 8.57. The lowest BCUT2D eigenvalue weighted by Gasteiger charge is -2.22.